The van der Waals surface area contributed by atoms with Crippen molar-refractivity contribution in [2.24, 2.45) is 0 Å². The van der Waals surface area contributed by atoms with Crippen molar-refractivity contribution in [1.29, 1.82) is 0 Å². The molecule has 0 spiro atoms. The molecule has 0 aromatic heterocycles. The molecule has 3 rings (SSSR count). The van der Waals surface area contributed by atoms with E-state index in [1.807, 2.05) is 61.5 Å². The highest BCUT2D eigenvalue weighted by atomic mass is 79.9. The minimum absolute atomic E-state index is 0. The van der Waals surface area contributed by atoms with E-state index in [4.69, 9.17) is 4.74 Å². The lowest BCUT2D eigenvalue weighted by molar-refractivity contribution is 0.0717. The summed E-state index contributed by atoms with van der Waals surface area (Å²) in [5.74, 6) is 0.274. The number of benzene rings is 2. The van der Waals surface area contributed by atoms with E-state index in [1.165, 1.54) is 0 Å². The first-order valence-corrected chi connectivity index (χ1v) is 7.36. The molecule has 0 fully saturated rings. The fourth-order valence-corrected chi connectivity index (χ4v) is 2.82. The maximum Gasteiger partial charge on any atom is 0.344 e. The van der Waals surface area contributed by atoms with Gasteiger partial charge >= 0.3 is 5.97 Å². The van der Waals surface area contributed by atoms with Crippen LogP contribution in [0.25, 0.3) is 10.2 Å². The number of hydrogen-bond donors (Lipinski definition) is 0. The third-order valence-corrected chi connectivity index (χ3v) is 4.24. The fourth-order valence-electron chi connectivity index (χ4n) is 2.26. The van der Waals surface area contributed by atoms with Crippen LogP contribution in [0.4, 0.5) is 5.69 Å². The molecular formula is C17H15Br2NO2. The van der Waals surface area contributed by atoms with Crippen LogP contribution >= 0.6 is 32.9 Å². The second-order valence-electron chi connectivity index (χ2n) is 5.02. The summed E-state index contributed by atoms with van der Waals surface area (Å²) in [4.78, 5) is 13.9. The van der Waals surface area contributed by atoms with Gasteiger partial charge in [-0.3, -0.25) is 0 Å². The summed E-state index contributed by atoms with van der Waals surface area (Å²) in [6.45, 7) is 0. The Labute approximate surface area is 148 Å². The first-order chi connectivity index (χ1) is 10.1. The van der Waals surface area contributed by atoms with Crippen LogP contribution in [-0.4, -0.2) is 20.1 Å². The lowest BCUT2D eigenvalue weighted by Crippen LogP contribution is -2.08. The molecule has 1 heterocycles. The Hall–Kier alpha value is -1.59. The molecule has 0 saturated heterocycles. The quantitative estimate of drug-likeness (QED) is 0.653. The predicted octanol–water partition coefficient (Wildman–Crippen LogP) is 4.72. The molecule has 0 saturated carbocycles. The highest BCUT2D eigenvalue weighted by molar-refractivity contribution is 9.15. The van der Waals surface area contributed by atoms with Crippen LogP contribution in [0.15, 0.2) is 48.5 Å². The number of esters is 1. The molecule has 1 aliphatic heterocycles. The molecule has 2 aromatic rings. The van der Waals surface area contributed by atoms with Crippen LogP contribution < -0.4 is 4.90 Å². The lowest BCUT2D eigenvalue weighted by Gasteiger charge is -2.13. The number of ether oxygens (including phenoxy) is 1. The van der Waals surface area contributed by atoms with Crippen molar-refractivity contribution >= 4 is 54.8 Å². The van der Waals surface area contributed by atoms with Crippen molar-refractivity contribution < 1.29 is 9.53 Å². The summed E-state index contributed by atoms with van der Waals surface area (Å²) in [5.41, 5.74) is 3.52. The van der Waals surface area contributed by atoms with Gasteiger partial charge in [-0.1, -0.05) is 30.3 Å². The van der Waals surface area contributed by atoms with Gasteiger partial charge in [-0.15, -0.1) is 17.0 Å². The summed E-state index contributed by atoms with van der Waals surface area (Å²) in [7, 11) is 4.00. The number of fused-ring (bicyclic) bond motifs is 1. The Morgan fingerprint density at radius 2 is 1.59 bits per heavy atom. The average molecular weight is 425 g/mol. The number of hydrogen-bond acceptors (Lipinski definition) is 3. The molecule has 1 aliphatic rings. The Morgan fingerprint density at radius 1 is 1.00 bits per heavy atom. The van der Waals surface area contributed by atoms with Crippen LogP contribution in [0.1, 0.15) is 21.5 Å². The van der Waals surface area contributed by atoms with E-state index >= 15 is 0 Å². The van der Waals surface area contributed by atoms with E-state index in [9.17, 15) is 4.79 Å². The first-order valence-electron chi connectivity index (χ1n) is 6.57. The molecule has 0 N–H and O–H groups in total. The topological polar surface area (TPSA) is 29.5 Å². The van der Waals surface area contributed by atoms with Crippen LogP contribution in [0.5, 0.6) is 0 Å². The molecule has 0 radical (unpaired) electrons. The average Bonchev–Trinajstić information content (AvgIpc) is 2.84. The second kappa shape index (κ2) is 6.67. The van der Waals surface area contributed by atoms with Gasteiger partial charge in [-0.2, -0.15) is 0 Å². The van der Waals surface area contributed by atoms with Gasteiger partial charge in [-0.25, -0.2) is 4.79 Å². The minimum atomic E-state index is -0.303. The van der Waals surface area contributed by atoms with Gasteiger partial charge in [0, 0.05) is 25.3 Å². The van der Waals surface area contributed by atoms with Gasteiger partial charge in [0.05, 0.1) is 10.0 Å². The Bertz CT molecular complexity index is 737. The summed E-state index contributed by atoms with van der Waals surface area (Å²) in [5, 5.41) is 0. The Kier molecular flexibility index (Phi) is 5.08. The number of anilines is 1. The van der Waals surface area contributed by atoms with Gasteiger partial charge in [0.25, 0.3) is 0 Å². The fraction of sp³-hybridized carbons (Fsp3) is 0.118. The molecule has 2 aromatic carbocycles. The smallest absolute Gasteiger partial charge is 0.344 e. The molecule has 0 bridgehead atoms. The van der Waals surface area contributed by atoms with Crippen molar-refractivity contribution in [2.45, 2.75) is 0 Å². The highest BCUT2D eigenvalue weighted by Crippen LogP contribution is 2.38. The first kappa shape index (κ1) is 16.8. The molecule has 5 heteroatoms. The lowest BCUT2D eigenvalue weighted by atomic mass is 10.1. The zero-order valence-electron chi connectivity index (χ0n) is 12.2. The Morgan fingerprint density at radius 3 is 2.18 bits per heavy atom. The number of carbonyl (C=O) groups is 1. The molecule has 0 atom stereocenters. The molecular weight excluding hydrogens is 410 g/mol. The number of rotatable bonds is 2. The summed E-state index contributed by atoms with van der Waals surface area (Å²) >= 11 is 3.56. The van der Waals surface area contributed by atoms with Crippen LogP contribution in [0, 0.1) is 0 Å². The molecule has 0 unspecified atom stereocenters. The van der Waals surface area contributed by atoms with E-state index in [0.717, 1.165) is 21.3 Å². The van der Waals surface area contributed by atoms with Gasteiger partial charge in [0.2, 0.25) is 0 Å². The maximum atomic E-state index is 11.9. The maximum absolute atomic E-state index is 11.9. The zero-order valence-corrected chi connectivity index (χ0v) is 15.5. The van der Waals surface area contributed by atoms with Crippen molar-refractivity contribution in [2.75, 3.05) is 19.0 Å². The summed E-state index contributed by atoms with van der Waals surface area (Å²) < 4.78 is 6.19. The van der Waals surface area contributed by atoms with E-state index in [2.05, 4.69) is 15.9 Å². The van der Waals surface area contributed by atoms with Gasteiger partial charge < -0.3 is 9.64 Å². The van der Waals surface area contributed by atoms with Crippen molar-refractivity contribution in [3.63, 3.8) is 0 Å². The van der Waals surface area contributed by atoms with Crippen LogP contribution in [0.2, 0.25) is 0 Å². The largest absolute Gasteiger partial charge is 0.421 e. The minimum Gasteiger partial charge on any atom is -0.421 e. The SMILES string of the molecule is Br.CN(C)c1ccc(C(Br)=C2OC(=O)c3ccccc32)cc1. The summed E-state index contributed by atoms with van der Waals surface area (Å²) in [6, 6.07) is 15.5. The summed E-state index contributed by atoms with van der Waals surface area (Å²) in [6.07, 6.45) is 0. The molecule has 114 valence electrons. The number of halogens is 2. The standard InChI is InChI=1S/C17H14BrNO2.BrH/c1-19(2)12-9-7-11(8-10-12)15(18)16-13-5-3-4-6-14(13)17(20)21-16;/h3-10H,1-2H3;1H. The van der Waals surface area contributed by atoms with Gasteiger partial charge in [0.1, 0.15) is 0 Å². The molecule has 22 heavy (non-hydrogen) atoms. The number of nitrogens with zero attached hydrogens (tertiary/aromatic N) is 1. The molecule has 0 aliphatic carbocycles. The van der Waals surface area contributed by atoms with Gasteiger partial charge in [-0.05, 0) is 39.7 Å². The highest BCUT2D eigenvalue weighted by Gasteiger charge is 2.28. The Balaban J connectivity index is 0.00000176. The molecule has 0 amide bonds. The molecule has 3 nitrogen and oxygen atoms in total. The number of cyclic esters (lactones) is 1. The monoisotopic (exact) mass is 423 g/mol. The van der Waals surface area contributed by atoms with Crippen LogP contribution in [-0.2, 0) is 4.74 Å². The van der Waals surface area contributed by atoms with Crippen molar-refractivity contribution in [3.05, 3.63) is 65.2 Å². The third-order valence-electron chi connectivity index (χ3n) is 3.42. The van der Waals surface area contributed by atoms with E-state index in [0.29, 0.717) is 11.3 Å². The third kappa shape index (κ3) is 2.96. The van der Waals surface area contributed by atoms with Gasteiger partial charge in [0.15, 0.2) is 5.76 Å². The second-order valence-corrected chi connectivity index (χ2v) is 5.81. The van der Waals surface area contributed by atoms with E-state index < -0.39 is 0 Å². The van der Waals surface area contributed by atoms with E-state index in [1.54, 1.807) is 6.07 Å². The normalized spacial score (nSPS) is 14.8. The van der Waals surface area contributed by atoms with Crippen molar-refractivity contribution in [1.82, 2.24) is 0 Å². The van der Waals surface area contributed by atoms with Crippen molar-refractivity contribution in [3.8, 4) is 0 Å². The van der Waals surface area contributed by atoms with E-state index in [-0.39, 0.29) is 23.0 Å². The predicted molar refractivity (Wildman–Crippen MR) is 98.7 cm³/mol. The number of carbonyl (C=O) groups excluding carboxylic acids is 1. The zero-order chi connectivity index (χ0) is 15.0. The van der Waals surface area contributed by atoms with Crippen LogP contribution in [0.3, 0.4) is 0 Å².